The lowest BCUT2D eigenvalue weighted by Crippen LogP contribution is -2.10. The second kappa shape index (κ2) is 4.95. The molecule has 2 N–H and O–H groups in total. The van der Waals surface area contributed by atoms with Crippen molar-refractivity contribution in [3.05, 3.63) is 35.8 Å². The Hall–Kier alpha value is -1.91. The standard InChI is InChI=1S/C12H17N5/c1-9(2)11-12(13)15-16-17(11)8-6-10-5-3-4-7-14-10/h3-5,7,9H,6,8,13H2,1-2H3. The third-order valence-electron chi connectivity index (χ3n) is 2.65. The molecule has 0 aliphatic heterocycles. The third kappa shape index (κ3) is 2.61. The molecule has 2 aromatic heterocycles. The van der Waals surface area contributed by atoms with Gasteiger partial charge in [0.15, 0.2) is 5.82 Å². The predicted octanol–water partition coefficient (Wildman–Crippen LogP) is 1.62. The Bertz CT molecular complexity index is 475. The molecule has 2 rings (SSSR count). The summed E-state index contributed by atoms with van der Waals surface area (Å²) in [7, 11) is 0. The maximum atomic E-state index is 5.80. The molecule has 0 fully saturated rings. The number of aromatic nitrogens is 4. The monoisotopic (exact) mass is 231 g/mol. The summed E-state index contributed by atoms with van der Waals surface area (Å²) in [6.45, 7) is 4.94. The molecule has 0 bridgehead atoms. The number of hydrogen-bond acceptors (Lipinski definition) is 4. The van der Waals surface area contributed by atoms with Crippen molar-refractivity contribution < 1.29 is 0 Å². The van der Waals surface area contributed by atoms with Crippen molar-refractivity contribution in [2.45, 2.75) is 32.7 Å². The first-order chi connectivity index (χ1) is 8.18. The number of nitrogen functional groups attached to an aromatic ring is 1. The minimum Gasteiger partial charge on any atom is -0.381 e. The number of aryl methyl sites for hydroxylation is 2. The van der Waals surface area contributed by atoms with Crippen LogP contribution in [0.3, 0.4) is 0 Å². The van der Waals surface area contributed by atoms with E-state index >= 15 is 0 Å². The van der Waals surface area contributed by atoms with Crippen LogP contribution in [0.15, 0.2) is 24.4 Å². The highest BCUT2D eigenvalue weighted by Gasteiger charge is 2.13. The van der Waals surface area contributed by atoms with Crippen LogP contribution < -0.4 is 5.73 Å². The molecule has 2 aromatic rings. The zero-order valence-corrected chi connectivity index (χ0v) is 10.2. The largest absolute Gasteiger partial charge is 0.381 e. The van der Waals surface area contributed by atoms with Gasteiger partial charge in [0.2, 0.25) is 0 Å². The van der Waals surface area contributed by atoms with Gasteiger partial charge in [0.25, 0.3) is 0 Å². The quantitative estimate of drug-likeness (QED) is 0.868. The highest BCUT2D eigenvalue weighted by atomic mass is 15.4. The van der Waals surface area contributed by atoms with E-state index in [-0.39, 0.29) is 0 Å². The fraction of sp³-hybridized carbons (Fsp3) is 0.417. The van der Waals surface area contributed by atoms with Crippen molar-refractivity contribution in [3.8, 4) is 0 Å². The lowest BCUT2D eigenvalue weighted by Gasteiger charge is -2.09. The van der Waals surface area contributed by atoms with Crippen LogP contribution in [0.5, 0.6) is 0 Å². The van der Waals surface area contributed by atoms with Crippen molar-refractivity contribution in [2.75, 3.05) is 5.73 Å². The van der Waals surface area contributed by atoms with E-state index in [1.165, 1.54) is 0 Å². The van der Waals surface area contributed by atoms with E-state index in [0.29, 0.717) is 11.7 Å². The molecule has 0 amide bonds. The summed E-state index contributed by atoms with van der Waals surface area (Å²) in [5.41, 5.74) is 7.85. The first-order valence-electron chi connectivity index (χ1n) is 5.77. The molecule has 0 spiro atoms. The summed E-state index contributed by atoms with van der Waals surface area (Å²) in [4.78, 5) is 4.28. The second-order valence-corrected chi connectivity index (χ2v) is 4.31. The van der Waals surface area contributed by atoms with Crippen LogP contribution in [0.25, 0.3) is 0 Å². The first kappa shape index (κ1) is 11.6. The molecule has 0 unspecified atom stereocenters. The van der Waals surface area contributed by atoms with E-state index in [1.807, 2.05) is 22.9 Å². The summed E-state index contributed by atoms with van der Waals surface area (Å²) in [5.74, 6) is 0.856. The van der Waals surface area contributed by atoms with Crippen LogP contribution in [0, 0.1) is 0 Å². The average Bonchev–Trinajstić information content (AvgIpc) is 2.69. The van der Waals surface area contributed by atoms with E-state index in [2.05, 4.69) is 29.1 Å². The zero-order chi connectivity index (χ0) is 12.3. The van der Waals surface area contributed by atoms with E-state index in [0.717, 1.165) is 24.4 Å². The van der Waals surface area contributed by atoms with Crippen molar-refractivity contribution in [2.24, 2.45) is 0 Å². The highest BCUT2D eigenvalue weighted by Crippen LogP contribution is 2.19. The molecule has 0 atom stereocenters. The summed E-state index contributed by atoms with van der Waals surface area (Å²) >= 11 is 0. The van der Waals surface area contributed by atoms with Gasteiger partial charge in [-0.25, -0.2) is 4.68 Å². The van der Waals surface area contributed by atoms with Crippen LogP contribution in [0.4, 0.5) is 5.82 Å². The molecule has 2 heterocycles. The van der Waals surface area contributed by atoms with Crippen molar-refractivity contribution in [1.82, 2.24) is 20.0 Å². The Balaban J connectivity index is 2.09. The highest BCUT2D eigenvalue weighted by molar-refractivity contribution is 5.35. The van der Waals surface area contributed by atoms with Crippen LogP contribution in [0.1, 0.15) is 31.2 Å². The van der Waals surface area contributed by atoms with Gasteiger partial charge in [-0.05, 0) is 18.1 Å². The fourth-order valence-electron chi connectivity index (χ4n) is 1.86. The second-order valence-electron chi connectivity index (χ2n) is 4.31. The lowest BCUT2D eigenvalue weighted by molar-refractivity contribution is 0.546. The van der Waals surface area contributed by atoms with Crippen LogP contribution in [-0.4, -0.2) is 20.0 Å². The number of nitrogens with two attached hydrogens (primary N) is 1. The molecule has 5 nitrogen and oxygen atoms in total. The Morgan fingerprint density at radius 2 is 2.18 bits per heavy atom. The fourth-order valence-corrected chi connectivity index (χ4v) is 1.86. The van der Waals surface area contributed by atoms with E-state index in [4.69, 9.17) is 5.73 Å². The summed E-state index contributed by atoms with van der Waals surface area (Å²) in [6.07, 6.45) is 2.64. The molecule has 5 heteroatoms. The molecular formula is C12H17N5. The van der Waals surface area contributed by atoms with Crippen LogP contribution >= 0.6 is 0 Å². The smallest absolute Gasteiger partial charge is 0.169 e. The number of rotatable bonds is 4. The molecular weight excluding hydrogens is 214 g/mol. The predicted molar refractivity (Wildman–Crippen MR) is 66.5 cm³/mol. The Labute approximate surface area is 101 Å². The summed E-state index contributed by atoms with van der Waals surface area (Å²) in [5, 5.41) is 7.99. The van der Waals surface area contributed by atoms with Crippen LogP contribution in [-0.2, 0) is 13.0 Å². The van der Waals surface area contributed by atoms with Gasteiger partial charge in [-0.2, -0.15) is 0 Å². The summed E-state index contributed by atoms with van der Waals surface area (Å²) < 4.78 is 1.87. The molecule has 0 radical (unpaired) electrons. The molecule has 0 aliphatic rings. The molecule has 90 valence electrons. The minimum atomic E-state index is 0.328. The maximum absolute atomic E-state index is 5.80. The Morgan fingerprint density at radius 1 is 1.35 bits per heavy atom. The molecule has 0 saturated carbocycles. The van der Waals surface area contributed by atoms with Gasteiger partial charge < -0.3 is 5.73 Å². The van der Waals surface area contributed by atoms with Crippen molar-refractivity contribution in [1.29, 1.82) is 0 Å². The molecule has 0 aliphatic carbocycles. The van der Waals surface area contributed by atoms with Gasteiger partial charge in [0, 0.05) is 24.9 Å². The van der Waals surface area contributed by atoms with Gasteiger partial charge in [0.1, 0.15) is 0 Å². The van der Waals surface area contributed by atoms with E-state index in [9.17, 15) is 0 Å². The lowest BCUT2D eigenvalue weighted by atomic mass is 10.1. The van der Waals surface area contributed by atoms with Gasteiger partial charge in [0.05, 0.1) is 5.69 Å². The zero-order valence-electron chi connectivity index (χ0n) is 10.2. The number of nitrogens with zero attached hydrogens (tertiary/aromatic N) is 4. The Kier molecular flexibility index (Phi) is 3.37. The number of hydrogen-bond donors (Lipinski definition) is 1. The van der Waals surface area contributed by atoms with Gasteiger partial charge in [-0.1, -0.05) is 25.1 Å². The average molecular weight is 231 g/mol. The summed E-state index contributed by atoms with van der Waals surface area (Å²) in [6, 6.07) is 5.91. The van der Waals surface area contributed by atoms with Gasteiger partial charge >= 0.3 is 0 Å². The topological polar surface area (TPSA) is 69.6 Å². The SMILES string of the molecule is CC(C)c1c(N)nnn1CCc1ccccn1. The third-order valence-corrected chi connectivity index (χ3v) is 2.65. The van der Waals surface area contributed by atoms with Crippen molar-refractivity contribution in [3.63, 3.8) is 0 Å². The Morgan fingerprint density at radius 3 is 2.82 bits per heavy atom. The molecule has 17 heavy (non-hydrogen) atoms. The van der Waals surface area contributed by atoms with Crippen LogP contribution in [0.2, 0.25) is 0 Å². The van der Waals surface area contributed by atoms with Gasteiger partial charge in [-0.15, -0.1) is 5.10 Å². The first-order valence-corrected chi connectivity index (χ1v) is 5.77. The molecule has 0 aromatic carbocycles. The minimum absolute atomic E-state index is 0.328. The molecule has 0 saturated heterocycles. The maximum Gasteiger partial charge on any atom is 0.169 e. The van der Waals surface area contributed by atoms with E-state index in [1.54, 1.807) is 6.20 Å². The van der Waals surface area contributed by atoms with Crippen molar-refractivity contribution >= 4 is 5.82 Å². The van der Waals surface area contributed by atoms with Gasteiger partial charge in [-0.3, -0.25) is 4.98 Å². The van der Waals surface area contributed by atoms with E-state index < -0.39 is 0 Å². The normalized spacial score (nSPS) is 11.0. The number of anilines is 1. The number of pyridine rings is 1.